The number of hydrogen-bond acceptors (Lipinski definition) is 4. The molecular weight excluding hydrogens is 329 g/mol. The van der Waals surface area contributed by atoms with Gasteiger partial charge < -0.3 is 5.32 Å². The van der Waals surface area contributed by atoms with Gasteiger partial charge in [-0.25, -0.2) is 9.37 Å². The molecule has 7 heteroatoms. The van der Waals surface area contributed by atoms with Crippen LogP contribution < -0.4 is 10.2 Å². The zero-order chi connectivity index (χ0) is 17.1. The second-order valence-corrected chi connectivity index (χ2v) is 6.56. The van der Waals surface area contributed by atoms with Gasteiger partial charge in [0.15, 0.2) is 5.13 Å². The summed E-state index contributed by atoms with van der Waals surface area (Å²) in [5.41, 5.74) is 1.52. The first-order chi connectivity index (χ1) is 11.6. The highest BCUT2D eigenvalue weighted by molar-refractivity contribution is 7.17. The van der Waals surface area contributed by atoms with Crippen molar-refractivity contribution in [1.29, 1.82) is 0 Å². The van der Waals surface area contributed by atoms with Crippen LogP contribution in [0.25, 0.3) is 0 Å². The molecule has 0 spiro atoms. The van der Waals surface area contributed by atoms with Crippen LogP contribution in [0.3, 0.4) is 0 Å². The lowest BCUT2D eigenvalue weighted by Gasteiger charge is -2.10. The van der Waals surface area contributed by atoms with Gasteiger partial charge in [-0.05, 0) is 30.5 Å². The zero-order valence-electron chi connectivity index (χ0n) is 13.3. The highest BCUT2D eigenvalue weighted by atomic mass is 32.1. The molecule has 24 heavy (non-hydrogen) atoms. The Balaban J connectivity index is 1.72. The van der Waals surface area contributed by atoms with E-state index in [2.05, 4.69) is 10.3 Å². The third-order valence-electron chi connectivity index (χ3n) is 3.90. The summed E-state index contributed by atoms with van der Waals surface area (Å²) in [6, 6.07) is 6.00. The maximum atomic E-state index is 12.9. The minimum Gasteiger partial charge on any atom is -0.347 e. The minimum atomic E-state index is -0.305. The second kappa shape index (κ2) is 7.09. The highest BCUT2D eigenvalue weighted by Gasteiger charge is 2.27. The third-order valence-corrected chi connectivity index (χ3v) is 5.02. The van der Waals surface area contributed by atoms with Crippen LogP contribution in [0.2, 0.25) is 0 Å². The number of carbonyl (C=O) groups excluding carboxylic acids is 2. The van der Waals surface area contributed by atoms with Crippen LogP contribution in [0, 0.1) is 5.82 Å². The number of aryl methyl sites for hydroxylation is 1. The molecule has 0 bridgehead atoms. The number of aromatic nitrogens is 1. The number of thiazole rings is 1. The van der Waals surface area contributed by atoms with E-state index in [9.17, 15) is 14.0 Å². The Morgan fingerprint density at radius 1 is 1.38 bits per heavy atom. The minimum absolute atomic E-state index is 0.0599. The first-order valence-corrected chi connectivity index (χ1v) is 8.73. The number of benzene rings is 1. The van der Waals surface area contributed by atoms with Gasteiger partial charge in [-0.1, -0.05) is 30.4 Å². The van der Waals surface area contributed by atoms with Crippen molar-refractivity contribution in [2.45, 2.75) is 32.7 Å². The Labute approximate surface area is 143 Å². The van der Waals surface area contributed by atoms with Crippen LogP contribution in [0.15, 0.2) is 24.3 Å². The van der Waals surface area contributed by atoms with E-state index < -0.39 is 0 Å². The van der Waals surface area contributed by atoms with Gasteiger partial charge in [-0.3, -0.25) is 14.5 Å². The van der Waals surface area contributed by atoms with Crippen molar-refractivity contribution in [2.75, 3.05) is 11.4 Å². The van der Waals surface area contributed by atoms with Crippen molar-refractivity contribution in [1.82, 2.24) is 10.3 Å². The maximum absolute atomic E-state index is 12.9. The van der Waals surface area contributed by atoms with Crippen LogP contribution in [-0.2, 0) is 17.8 Å². The van der Waals surface area contributed by atoms with Gasteiger partial charge in [0.05, 0.1) is 5.69 Å². The van der Waals surface area contributed by atoms with Crippen LogP contribution in [0.1, 0.15) is 40.7 Å². The number of anilines is 1. The van der Waals surface area contributed by atoms with Crippen molar-refractivity contribution in [2.24, 2.45) is 0 Å². The molecule has 0 aliphatic carbocycles. The largest absolute Gasteiger partial charge is 0.347 e. The monoisotopic (exact) mass is 347 g/mol. The number of carbonyl (C=O) groups is 2. The SMILES string of the molecule is CCc1nc(N2CCCC2=O)sc1C(=O)NCc1ccc(F)cc1. The van der Waals surface area contributed by atoms with Crippen molar-refractivity contribution < 1.29 is 14.0 Å². The fourth-order valence-corrected chi connectivity index (χ4v) is 3.70. The molecule has 1 saturated heterocycles. The van der Waals surface area contributed by atoms with E-state index in [0.717, 1.165) is 12.0 Å². The summed E-state index contributed by atoms with van der Waals surface area (Å²) in [5.74, 6) is -0.461. The predicted octanol–water partition coefficient (Wildman–Crippen LogP) is 2.90. The number of amides is 2. The normalized spacial score (nSPS) is 14.2. The molecule has 0 atom stereocenters. The average Bonchev–Trinajstić information content (AvgIpc) is 3.19. The lowest BCUT2D eigenvalue weighted by molar-refractivity contribution is -0.117. The third kappa shape index (κ3) is 3.46. The molecule has 1 N–H and O–H groups in total. The van der Waals surface area contributed by atoms with Gasteiger partial charge in [-0.2, -0.15) is 0 Å². The lowest BCUT2D eigenvalue weighted by Crippen LogP contribution is -2.23. The fraction of sp³-hybridized carbons (Fsp3) is 0.353. The van der Waals surface area contributed by atoms with E-state index in [1.165, 1.54) is 23.5 Å². The Hall–Kier alpha value is -2.28. The summed E-state index contributed by atoms with van der Waals surface area (Å²) < 4.78 is 12.9. The van der Waals surface area contributed by atoms with E-state index in [1.807, 2.05) is 6.92 Å². The fourth-order valence-electron chi connectivity index (χ4n) is 2.59. The van der Waals surface area contributed by atoms with Gasteiger partial charge in [0, 0.05) is 19.5 Å². The quantitative estimate of drug-likeness (QED) is 0.905. The average molecular weight is 347 g/mol. The van der Waals surface area contributed by atoms with Crippen LogP contribution in [0.5, 0.6) is 0 Å². The molecule has 126 valence electrons. The van der Waals surface area contributed by atoms with Gasteiger partial charge >= 0.3 is 0 Å². The molecule has 0 unspecified atom stereocenters. The van der Waals surface area contributed by atoms with Crippen molar-refractivity contribution in [3.8, 4) is 0 Å². The summed E-state index contributed by atoms with van der Waals surface area (Å²) in [6.07, 6.45) is 1.98. The first kappa shape index (κ1) is 16.6. The Kier molecular flexibility index (Phi) is 4.89. The summed E-state index contributed by atoms with van der Waals surface area (Å²) in [7, 11) is 0. The molecule has 2 heterocycles. The van der Waals surface area contributed by atoms with Crippen molar-refractivity contribution in [3.63, 3.8) is 0 Å². The summed E-state index contributed by atoms with van der Waals surface area (Å²) >= 11 is 1.25. The lowest BCUT2D eigenvalue weighted by atomic mass is 10.2. The number of halogens is 1. The Morgan fingerprint density at radius 3 is 2.75 bits per heavy atom. The molecule has 2 amide bonds. The topological polar surface area (TPSA) is 62.3 Å². The Bertz CT molecular complexity index is 758. The molecule has 0 radical (unpaired) electrons. The van der Waals surface area contributed by atoms with E-state index in [1.54, 1.807) is 17.0 Å². The smallest absolute Gasteiger partial charge is 0.263 e. The van der Waals surface area contributed by atoms with Crippen molar-refractivity contribution >= 4 is 28.3 Å². The molecule has 3 rings (SSSR count). The maximum Gasteiger partial charge on any atom is 0.263 e. The summed E-state index contributed by atoms with van der Waals surface area (Å²) in [4.78, 5) is 31.0. The molecule has 5 nitrogen and oxygen atoms in total. The van der Waals surface area contributed by atoms with E-state index in [4.69, 9.17) is 0 Å². The van der Waals surface area contributed by atoms with E-state index in [-0.39, 0.29) is 17.6 Å². The first-order valence-electron chi connectivity index (χ1n) is 7.91. The Morgan fingerprint density at radius 2 is 2.12 bits per heavy atom. The molecule has 2 aromatic rings. The zero-order valence-corrected chi connectivity index (χ0v) is 14.2. The number of nitrogens with zero attached hydrogens (tertiary/aromatic N) is 2. The molecule has 0 saturated carbocycles. The summed E-state index contributed by atoms with van der Waals surface area (Å²) in [5, 5.41) is 3.43. The van der Waals surface area contributed by atoms with Gasteiger partial charge in [0.1, 0.15) is 10.7 Å². The molecular formula is C17H18FN3O2S. The van der Waals surface area contributed by atoms with Crippen LogP contribution in [0.4, 0.5) is 9.52 Å². The molecule has 1 aromatic carbocycles. The molecule has 1 aliphatic rings. The van der Waals surface area contributed by atoms with Gasteiger partial charge in [0.2, 0.25) is 5.91 Å². The van der Waals surface area contributed by atoms with Crippen molar-refractivity contribution in [3.05, 3.63) is 46.2 Å². The predicted molar refractivity (Wildman–Crippen MR) is 90.6 cm³/mol. The summed E-state index contributed by atoms with van der Waals surface area (Å²) in [6.45, 7) is 2.91. The van der Waals surface area contributed by atoms with Gasteiger partial charge in [-0.15, -0.1) is 0 Å². The van der Waals surface area contributed by atoms with Crippen LogP contribution >= 0.6 is 11.3 Å². The second-order valence-electron chi connectivity index (χ2n) is 5.58. The highest BCUT2D eigenvalue weighted by Crippen LogP contribution is 2.29. The number of nitrogens with one attached hydrogen (secondary N) is 1. The molecule has 1 aromatic heterocycles. The number of rotatable bonds is 5. The number of hydrogen-bond donors (Lipinski definition) is 1. The standard InChI is InChI=1S/C17H18FN3O2S/c1-2-13-15(24-17(20-13)21-9-3-4-14(21)22)16(23)19-10-11-5-7-12(18)8-6-11/h5-8H,2-4,9-10H2,1H3,(H,19,23). The van der Waals surface area contributed by atoms with E-state index in [0.29, 0.717) is 41.6 Å². The van der Waals surface area contributed by atoms with E-state index >= 15 is 0 Å². The van der Waals surface area contributed by atoms with Crippen LogP contribution in [-0.4, -0.2) is 23.3 Å². The van der Waals surface area contributed by atoms with Gasteiger partial charge in [0.25, 0.3) is 5.91 Å². The molecule has 1 fully saturated rings. The molecule has 1 aliphatic heterocycles.